The second kappa shape index (κ2) is 5.76. The van der Waals surface area contributed by atoms with E-state index in [1.165, 1.54) is 0 Å². The highest BCUT2D eigenvalue weighted by Crippen LogP contribution is 2.45. The molecule has 3 aromatic carbocycles. The first-order valence-corrected chi connectivity index (χ1v) is 9.69. The normalized spacial score (nSPS) is 14.0. The number of hydrogen-bond donors (Lipinski definition) is 0. The summed E-state index contributed by atoms with van der Waals surface area (Å²) in [6.45, 7) is 0.444. The Morgan fingerprint density at radius 1 is 0.833 bits per heavy atom. The topological polar surface area (TPSA) is 43.4 Å². The molecule has 24 heavy (non-hydrogen) atoms. The number of ether oxygens (including phenoxy) is 1. The van der Waals surface area contributed by atoms with Crippen LogP contribution in [0, 0.1) is 0 Å². The number of halogens is 1. The van der Waals surface area contributed by atoms with Crippen molar-refractivity contribution in [3.05, 3.63) is 76.8 Å². The molecular weight excluding hydrogens is 388 g/mol. The van der Waals surface area contributed by atoms with Crippen LogP contribution in [0.15, 0.2) is 81.0 Å². The lowest BCUT2D eigenvalue weighted by Crippen LogP contribution is -1.98. The quantitative estimate of drug-likeness (QED) is 0.493. The molecule has 0 N–H and O–H groups in total. The molecule has 0 amide bonds. The summed E-state index contributed by atoms with van der Waals surface area (Å²) in [5.74, 6) is 0.656. The molecule has 4 rings (SSSR count). The summed E-state index contributed by atoms with van der Waals surface area (Å²) in [6.07, 6.45) is 0. The predicted octanol–water partition coefficient (Wildman–Crippen LogP) is 4.84. The highest BCUT2D eigenvalue weighted by molar-refractivity contribution is 9.10. The Labute approximate surface area is 149 Å². The average molecular weight is 401 g/mol. The molecule has 3 aromatic rings. The van der Waals surface area contributed by atoms with Gasteiger partial charge in [-0.3, -0.25) is 0 Å². The van der Waals surface area contributed by atoms with Crippen molar-refractivity contribution < 1.29 is 13.2 Å². The van der Waals surface area contributed by atoms with E-state index < -0.39 is 9.84 Å². The third-order valence-corrected chi connectivity index (χ3v) is 6.36. The fraction of sp³-hybridized carbons (Fsp3) is 0.0526. The Morgan fingerprint density at radius 3 is 2.42 bits per heavy atom. The Bertz CT molecular complexity index is 1030. The second-order valence-corrected chi connectivity index (χ2v) is 8.38. The molecule has 0 radical (unpaired) electrons. The third-order valence-electron chi connectivity index (χ3n) is 4.01. The van der Waals surface area contributed by atoms with Gasteiger partial charge < -0.3 is 4.74 Å². The van der Waals surface area contributed by atoms with Crippen molar-refractivity contribution in [3.63, 3.8) is 0 Å². The molecule has 0 aromatic heterocycles. The molecule has 1 aliphatic heterocycles. The Hall–Kier alpha value is -2.11. The van der Waals surface area contributed by atoms with Gasteiger partial charge in [0.1, 0.15) is 12.4 Å². The van der Waals surface area contributed by atoms with Crippen LogP contribution in [-0.4, -0.2) is 8.42 Å². The van der Waals surface area contributed by atoms with Gasteiger partial charge in [0.05, 0.1) is 9.79 Å². The summed E-state index contributed by atoms with van der Waals surface area (Å²) in [4.78, 5) is 0.676. The molecule has 1 heterocycles. The summed E-state index contributed by atoms with van der Waals surface area (Å²) < 4.78 is 31.9. The molecular formula is C19H13BrO3S. The maximum Gasteiger partial charge on any atom is 0.207 e. The maximum absolute atomic E-state index is 12.7. The molecule has 0 saturated heterocycles. The molecule has 5 heteroatoms. The van der Waals surface area contributed by atoms with Crippen molar-refractivity contribution in [1.29, 1.82) is 0 Å². The fourth-order valence-electron chi connectivity index (χ4n) is 2.84. The van der Waals surface area contributed by atoms with Crippen molar-refractivity contribution in [3.8, 4) is 16.9 Å². The van der Waals surface area contributed by atoms with Gasteiger partial charge in [-0.15, -0.1) is 0 Å². The molecule has 0 bridgehead atoms. The van der Waals surface area contributed by atoms with Gasteiger partial charge in [-0.2, -0.15) is 0 Å². The van der Waals surface area contributed by atoms with E-state index in [-0.39, 0.29) is 0 Å². The first kappa shape index (κ1) is 15.4. The smallest absolute Gasteiger partial charge is 0.207 e. The van der Waals surface area contributed by atoms with E-state index >= 15 is 0 Å². The largest absolute Gasteiger partial charge is 0.489 e. The fourth-order valence-corrected chi connectivity index (χ4v) is 5.05. The minimum Gasteiger partial charge on any atom is -0.489 e. The van der Waals surface area contributed by atoms with Crippen molar-refractivity contribution in [2.24, 2.45) is 0 Å². The van der Waals surface area contributed by atoms with E-state index in [4.69, 9.17) is 4.74 Å². The minimum absolute atomic E-state index is 0.336. The van der Waals surface area contributed by atoms with E-state index in [2.05, 4.69) is 15.9 Å². The van der Waals surface area contributed by atoms with Crippen LogP contribution in [0.25, 0.3) is 11.1 Å². The lowest BCUT2D eigenvalue weighted by molar-refractivity contribution is 0.306. The molecule has 0 saturated carbocycles. The van der Waals surface area contributed by atoms with Crippen LogP contribution in [0.1, 0.15) is 5.56 Å². The SMILES string of the molecule is O=S1(=O)c2ccc(OCc3ccccc3)cc2-c2ccc(Br)cc21. The number of hydrogen-bond acceptors (Lipinski definition) is 3. The highest BCUT2D eigenvalue weighted by atomic mass is 79.9. The van der Waals surface area contributed by atoms with Gasteiger partial charge in [0.15, 0.2) is 0 Å². The average Bonchev–Trinajstić information content (AvgIpc) is 2.81. The van der Waals surface area contributed by atoms with Crippen molar-refractivity contribution >= 4 is 25.8 Å². The van der Waals surface area contributed by atoms with E-state index in [1.807, 2.05) is 42.5 Å². The van der Waals surface area contributed by atoms with Crippen molar-refractivity contribution in [2.75, 3.05) is 0 Å². The van der Waals surface area contributed by atoms with Gasteiger partial charge in [-0.05, 0) is 35.9 Å². The first-order valence-electron chi connectivity index (χ1n) is 7.41. The zero-order chi connectivity index (χ0) is 16.7. The second-order valence-electron chi connectivity index (χ2n) is 5.58. The van der Waals surface area contributed by atoms with Crippen molar-refractivity contribution in [2.45, 2.75) is 16.4 Å². The van der Waals surface area contributed by atoms with Crippen molar-refractivity contribution in [1.82, 2.24) is 0 Å². The van der Waals surface area contributed by atoms with E-state index in [1.54, 1.807) is 24.3 Å². The van der Waals surface area contributed by atoms with Crippen LogP contribution >= 0.6 is 15.9 Å². The molecule has 0 spiro atoms. The molecule has 0 aliphatic carbocycles. The van der Waals surface area contributed by atoms with E-state index in [0.29, 0.717) is 27.7 Å². The molecule has 0 fully saturated rings. The van der Waals surface area contributed by atoms with Crippen LogP contribution in [0.2, 0.25) is 0 Å². The van der Waals surface area contributed by atoms with Gasteiger partial charge >= 0.3 is 0 Å². The number of benzene rings is 3. The zero-order valence-corrected chi connectivity index (χ0v) is 15.0. The van der Waals surface area contributed by atoms with E-state index in [9.17, 15) is 8.42 Å². The Balaban J connectivity index is 1.72. The van der Waals surface area contributed by atoms with Crippen LogP contribution in [0.3, 0.4) is 0 Å². The Kier molecular flexibility index (Phi) is 3.70. The maximum atomic E-state index is 12.7. The summed E-state index contributed by atoms with van der Waals surface area (Å²) in [5, 5.41) is 0. The number of sulfone groups is 1. The minimum atomic E-state index is -3.46. The van der Waals surface area contributed by atoms with Gasteiger partial charge in [-0.25, -0.2) is 8.42 Å². The summed E-state index contributed by atoms with van der Waals surface area (Å²) in [6, 6.07) is 20.3. The summed E-state index contributed by atoms with van der Waals surface area (Å²) in [7, 11) is -3.46. The van der Waals surface area contributed by atoms with Gasteiger partial charge in [0.2, 0.25) is 9.84 Å². The number of rotatable bonds is 3. The molecule has 1 aliphatic rings. The molecule has 3 nitrogen and oxygen atoms in total. The number of fused-ring (bicyclic) bond motifs is 3. The lowest BCUT2D eigenvalue weighted by atomic mass is 10.1. The van der Waals surface area contributed by atoms with Gasteiger partial charge in [0, 0.05) is 15.6 Å². The monoisotopic (exact) mass is 400 g/mol. The van der Waals surface area contributed by atoms with E-state index in [0.717, 1.165) is 15.6 Å². The summed E-state index contributed by atoms with van der Waals surface area (Å²) >= 11 is 3.34. The van der Waals surface area contributed by atoms with Crippen LogP contribution in [0.4, 0.5) is 0 Å². The molecule has 0 atom stereocenters. The van der Waals surface area contributed by atoms with Gasteiger partial charge in [-0.1, -0.05) is 52.3 Å². The molecule has 120 valence electrons. The zero-order valence-electron chi connectivity index (χ0n) is 12.6. The third kappa shape index (κ3) is 2.54. The predicted molar refractivity (Wildman–Crippen MR) is 95.8 cm³/mol. The highest BCUT2D eigenvalue weighted by Gasteiger charge is 2.33. The van der Waals surface area contributed by atoms with Crippen LogP contribution in [-0.2, 0) is 16.4 Å². The van der Waals surface area contributed by atoms with Crippen LogP contribution in [0.5, 0.6) is 5.75 Å². The lowest BCUT2D eigenvalue weighted by Gasteiger charge is -2.08. The van der Waals surface area contributed by atoms with Crippen LogP contribution < -0.4 is 4.74 Å². The first-order chi connectivity index (χ1) is 11.6. The van der Waals surface area contributed by atoms with Gasteiger partial charge in [0.25, 0.3) is 0 Å². The standard InChI is InChI=1S/C19H13BrO3S/c20-14-6-8-16-17-11-15(23-12-13-4-2-1-3-5-13)7-9-18(17)24(21,22)19(16)10-14/h1-11H,12H2. The summed E-state index contributed by atoms with van der Waals surface area (Å²) in [5.41, 5.74) is 2.48. The molecule has 0 unspecified atom stereocenters. The Morgan fingerprint density at radius 2 is 1.62 bits per heavy atom.